The van der Waals surface area contributed by atoms with Gasteiger partial charge in [-0.3, -0.25) is 4.79 Å². The molecule has 0 saturated heterocycles. The molecule has 0 spiro atoms. The summed E-state index contributed by atoms with van der Waals surface area (Å²) in [5, 5.41) is 14.4. The van der Waals surface area contributed by atoms with Crippen molar-refractivity contribution < 1.29 is 33.9 Å². The van der Waals surface area contributed by atoms with Gasteiger partial charge >= 0.3 is 18.3 Å². The second kappa shape index (κ2) is 29.8. The van der Waals surface area contributed by atoms with Crippen molar-refractivity contribution in [3.8, 4) is 22.3 Å². The quantitative estimate of drug-likeness (QED) is 0.102. The number of fused-ring (bicyclic) bond motifs is 2. The van der Waals surface area contributed by atoms with Gasteiger partial charge in [-0.1, -0.05) is 213 Å². The molecular weight excluding hydrogens is 1030 g/mol. The molecule has 0 bridgehead atoms. The number of aromatic nitrogens is 2. The van der Waals surface area contributed by atoms with E-state index in [4.69, 9.17) is 30.0 Å². The van der Waals surface area contributed by atoms with Crippen LogP contribution in [0, 0.1) is 0 Å². The molecule has 2 heterocycles. The minimum Gasteiger partial charge on any atom is -0.478 e. The maximum atomic E-state index is 13.0. The lowest BCUT2D eigenvalue weighted by molar-refractivity contribution is -0.193. The third kappa shape index (κ3) is 17.3. The molecule has 0 fully saturated rings. The molecule has 0 aliphatic rings. The molecule has 2 atom stereocenters. The predicted octanol–water partition coefficient (Wildman–Crippen LogP) is 15.8. The number of nitrogens with zero attached hydrogens (tertiary/aromatic N) is 2. The number of nitrogens with one attached hydrogen (secondary N) is 1. The molecule has 10 rings (SSSR count). The highest BCUT2D eigenvalue weighted by atomic mass is 16.4. The third-order valence-corrected chi connectivity index (χ3v) is 14.3. The Morgan fingerprint density at radius 2 is 0.880 bits per heavy atom. The Balaban J connectivity index is 0.000000215. The Kier molecular flexibility index (Phi) is 22.5. The monoisotopic (exact) mass is 1110 g/mol. The number of benzene rings is 8. The standard InChI is InChI=1S/C35H36N2O.C26H25NO2.C9H13N.2CO2/c1-5-32(27-11-7-6-8-12-27)36-34(38)29-19-20-33-28(23-29)21-22-37(33)24-25-15-17-26(18-16-25)30-13-9-10-14-31(30)35(2,3)4;1-26(2,3)23-7-5-4-6-22(23)19-10-8-18(9-11-19)17-27-15-14-20-16-21(25(28)29)12-13-24(20)27;1-2-9(10)8-6-4-3-5-7-8;2*2-1-3/h6-23,32H,5,24H2,1-4H3,(H,36,38);4-16H,17H2,1-3H3,(H,28,29);3-7,9H,2,10H2,1H3;;. The van der Waals surface area contributed by atoms with E-state index in [0.717, 1.165) is 53.3 Å². The Hall–Kier alpha value is -9.50. The summed E-state index contributed by atoms with van der Waals surface area (Å²) in [4.78, 5) is 56.7. The highest BCUT2D eigenvalue weighted by Gasteiger charge is 2.20. The lowest BCUT2D eigenvalue weighted by atomic mass is 9.82. The molecule has 2 aromatic heterocycles. The summed E-state index contributed by atoms with van der Waals surface area (Å²) < 4.78 is 4.40. The SMILES string of the molecule is CC(C)(C)c1ccccc1-c1ccc(Cn2ccc3cc(C(=O)O)ccc32)cc1.CCC(N)c1ccccc1.CCC(NC(=O)c1ccc2c(ccn2Cc2ccc(-c3ccccc3C(C)(C)C)cc2)c1)c1ccccc1.O=C=O.O=C=O. The maximum Gasteiger partial charge on any atom is 0.373 e. The Bertz CT molecular complexity index is 3750. The smallest absolute Gasteiger partial charge is 0.373 e. The van der Waals surface area contributed by atoms with Crippen molar-refractivity contribution in [2.75, 3.05) is 0 Å². The van der Waals surface area contributed by atoms with Gasteiger partial charge in [-0.2, -0.15) is 19.2 Å². The summed E-state index contributed by atoms with van der Waals surface area (Å²) in [5.41, 5.74) is 21.7. The van der Waals surface area contributed by atoms with Crippen LogP contribution in [0.2, 0.25) is 0 Å². The number of hydrogen-bond donors (Lipinski definition) is 3. The normalized spacial score (nSPS) is 11.5. The van der Waals surface area contributed by atoms with Gasteiger partial charge in [-0.15, -0.1) is 0 Å². The van der Waals surface area contributed by atoms with Crippen LogP contribution in [0.4, 0.5) is 0 Å². The number of carboxylic acid groups (broad SMARTS) is 1. The number of aromatic carboxylic acids is 1. The van der Waals surface area contributed by atoms with Gasteiger partial charge in [0.1, 0.15) is 0 Å². The largest absolute Gasteiger partial charge is 0.478 e. The van der Waals surface area contributed by atoms with Crippen LogP contribution in [0.15, 0.2) is 219 Å². The molecule has 2 unspecified atom stereocenters. The molecule has 0 aliphatic heterocycles. The van der Waals surface area contributed by atoms with Crippen molar-refractivity contribution in [1.82, 2.24) is 14.5 Å². The van der Waals surface area contributed by atoms with Gasteiger partial charge in [-0.05, 0) is 128 Å². The van der Waals surface area contributed by atoms with E-state index in [0.29, 0.717) is 11.1 Å². The van der Waals surface area contributed by atoms with Gasteiger partial charge in [0.15, 0.2) is 0 Å². The zero-order valence-corrected chi connectivity index (χ0v) is 48.6. The van der Waals surface area contributed by atoms with E-state index in [1.807, 2.05) is 66.9 Å². The molecule has 0 aliphatic carbocycles. The predicted molar refractivity (Wildman–Crippen MR) is 331 cm³/mol. The van der Waals surface area contributed by atoms with Crippen LogP contribution in [0.5, 0.6) is 0 Å². The molecule has 1 amide bonds. The van der Waals surface area contributed by atoms with Gasteiger partial charge in [0.25, 0.3) is 5.91 Å². The van der Waals surface area contributed by atoms with Crippen molar-refractivity contribution in [3.05, 3.63) is 263 Å². The first-order chi connectivity index (χ1) is 39.8. The lowest BCUT2D eigenvalue weighted by Crippen LogP contribution is -2.28. The molecule has 4 N–H and O–H groups in total. The molecule has 0 radical (unpaired) electrons. The summed E-state index contributed by atoms with van der Waals surface area (Å²) in [6.45, 7) is 19.2. The van der Waals surface area contributed by atoms with Crippen molar-refractivity contribution in [1.29, 1.82) is 0 Å². The molecule has 11 nitrogen and oxygen atoms in total. The zero-order chi connectivity index (χ0) is 60.1. The van der Waals surface area contributed by atoms with Crippen LogP contribution >= 0.6 is 0 Å². The third-order valence-electron chi connectivity index (χ3n) is 14.3. The van der Waals surface area contributed by atoms with Gasteiger partial charge in [0, 0.05) is 58.9 Å². The van der Waals surface area contributed by atoms with Gasteiger partial charge in [0.2, 0.25) is 0 Å². The first kappa shape index (κ1) is 62.7. The molecular formula is C72H74N4O7. The van der Waals surface area contributed by atoms with Crippen LogP contribution in [-0.2, 0) is 43.1 Å². The van der Waals surface area contributed by atoms with Crippen LogP contribution in [0.1, 0.15) is 134 Å². The average molecular weight is 1110 g/mol. The fraction of sp³-hybridized carbons (Fsp3) is 0.222. The van der Waals surface area contributed by atoms with Crippen LogP contribution < -0.4 is 11.1 Å². The summed E-state index contributed by atoms with van der Waals surface area (Å²) in [6, 6.07) is 70.7. The number of carbonyl (C=O) groups excluding carboxylic acids is 5. The number of amides is 1. The molecule has 8 aromatic carbocycles. The van der Waals surface area contributed by atoms with Crippen molar-refractivity contribution in [2.45, 2.75) is 104 Å². The maximum absolute atomic E-state index is 13.0. The first-order valence-corrected chi connectivity index (χ1v) is 27.8. The molecule has 424 valence electrons. The van der Waals surface area contributed by atoms with E-state index in [-0.39, 0.29) is 41.1 Å². The molecule has 83 heavy (non-hydrogen) atoms. The van der Waals surface area contributed by atoms with E-state index in [1.54, 1.807) is 12.1 Å². The van der Waals surface area contributed by atoms with Crippen molar-refractivity contribution >= 4 is 46.0 Å². The second-order valence-electron chi connectivity index (χ2n) is 22.2. The number of hydrogen-bond acceptors (Lipinski definition) is 7. The molecule has 11 heteroatoms. The number of rotatable bonds is 13. The minimum absolute atomic E-state index is 0.00216. The van der Waals surface area contributed by atoms with E-state index in [9.17, 15) is 9.59 Å². The Morgan fingerprint density at radius 3 is 1.28 bits per heavy atom. The van der Waals surface area contributed by atoms with E-state index in [2.05, 4.69) is 209 Å². The number of carboxylic acids is 1. The summed E-state index contributed by atoms with van der Waals surface area (Å²) in [6.07, 6.45) is 6.46. The van der Waals surface area contributed by atoms with Gasteiger partial charge in [0.05, 0.1) is 11.6 Å². The number of nitrogens with two attached hydrogens (primary N) is 1. The molecule has 0 saturated carbocycles. The average Bonchev–Trinajstić information content (AvgIpc) is 4.29. The first-order valence-electron chi connectivity index (χ1n) is 27.8. The van der Waals surface area contributed by atoms with Crippen LogP contribution in [-0.4, -0.2) is 38.4 Å². The lowest BCUT2D eigenvalue weighted by Gasteiger charge is -2.23. The Labute approximate surface area is 487 Å². The van der Waals surface area contributed by atoms with E-state index >= 15 is 0 Å². The highest BCUT2D eigenvalue weighted by molar-refractivity contribution is 5.98. The summed E-state index contributed by atoms with van der Waals surface area (Å²) >= 11 is 0. The van der Waals surface area contributed by atoms with E-state index < -0.39 is 5.97 Å². The summed E-state index contributed by atoms with van der Waals surface area (Å²) in [7, 11) is 0. The van der Waals surface area contributed by atoms with Gasteiger partial charge in [-0.25, -0.2) is 4.79 Å². The summed E-state index contributed by atoms with van der Waals surface area (Å²) in [5.74, 6) is -0.938. The Morgan fingerprint density at radius 1 is 0.494 bits per heavy atom. The van der Waals surface area contributed by atoms with E-state index in [1.165, 1.54) is 50.1 Å². The number of carbonyl (C=O) groups is 2. The van der Waals surface area contributed by atoms with Crippen molar-refractivity contribution in [3.63, 3.8) is 0 Å². The highest BCUT2D eigenvalue weighted by Crippen LogP contribution is 2.35. The topological polar surface area (TPSA) is 171 Å². The fourth-order valence-corrected chi connectivity index (χ4v) is 9.98. The van der Waals surface area contributed by atoms with Crippen molar-refractivity contribution in [2.24, 2.45) is 5.73 Å². The zero-order valence-electron chi connectivity index (χ0n) is 48.6. The molecule has 10 aromatic rings. The fourth-order valence-electron chi connectivity index (χ4n) is 9.98. The minimum atomic E-state index is -0.897. The van der Waals surface area contributed by atoms with Crippen LogP contribution in [0.3, 0.4) is 0 Å². The second-order valence-corrected chi connectivity index (χ2v) is 22.2. The van der Waals surface area contributed by atoms with Crippen LogP contribution in [0.25, 0.3) is 44.1 Å². The van der Waals surface area contributed by atoms with Gasteiger partial charge < -0.3 is 25.3 Å².